The van der Waals surface area contributed by atoms with Gasteiger partial charge in [-0.2, -0.15) is 5.10 Å². The van der Waals surface area contributed by atoms with E-state index in [2.05, 4.69) is 92.6 Å². The van der Waals surface area contributed by atoms with Crippen LogP contribution in [0, 0.1) is 13.8 Å². The van der Waals surface area contributed by atoms with E-state index in [0.29, 0.717) is 6.04 Å². The number of benzene rings is 1. The molecule has 0 fully saturated rings. The van der Waals surface area contributed by atoms with E-state index < -0.39 is 0 Å². The van der Waals surface area contributed by atoms with Crippen LogP contribution in [-0.2, 0) is 20.0 Å². The molecule has 0 aliphatic carbocycles. The van der Waals surface area contributed by atoms with Crippen LogP contribution >= 0.6 is 0 Å². The maximum Gasteiger partial charge on any atom is 0.191 e. The Morgan fingerprint density at radius 1 is 1.20 bits per heavy atom. The van der Waals surface area contributed by atoms with Crippen molar-refractivity contribution in [2.45, 2.75) is 66.1 Å². The number of guanidine groups is 1. The molecule has 2 N–H and O–H groups in total. The standard InChI is InChI=1S/C24H40N6/c1-8-25-24(27-18(2)16-23-20(4)28-30(7)21(23)5)26-15-14-19(3)29(6)17-22-12-10-9-11-13-22/h9-13,18-19H,8,14-17H2,1-7H3,(H2,25,26,27). The van der Waals surface area contributed by atoms with Gasteiger partial charge in [0.2, 0.25) is 0 Å². The molecule has 166 valence electrons. The Kier molecular flexibility index (Phi) is 9.37. The number of nitrogens with zero attached hydrogens (tertiary/aromatic N) is 4. The Morgan fingerprint density at radius 2 is 1.90 bits per heavy atom. The van der Waals surface area contributed by atoms with E-state index in [1.54, 1.807) is 0 Å². The molecular formula is C24H40N6. The monoisotopic (exact) mass is 412 g/mol. The van der Waals surface area contributed by atoms with Crippen LogP contribution in [0.4, 0.5) is 0 Å². The van der Waals surface area contributed by atoms with Crippen molar-refractivity contribution < 1.29 is 0 Å². The van der Waals surface area contributed by atoms with Gasteiger partial charge in [0, 0.05) is 44.5 Å². The maximum absolute atomic E-state index is 4.82. The SMILES string of the molecule is CCNC(=NCCC(C)N(C)Cc1ccccc1)NC(C)Cc1c(C)nn(C)c1C. The quantitative estimate of drug-likeness (QED) is 0.464. The molecule has 0 saturated carbocycles. The van der Waals surface area contributed by atoms with E-state index in [0.717, 1.165) is 44.1 Å². The molecule has 0 aliphatic rings. The van der Waals surface area contributed by atoms with Gasteiger partial charge in [0.25, 0.3) is 0 Å². The summed E-state index contributed by atoms with van der Waals surface area (Å²) in [6.45, 7) is 13.4. The zero-order chi connectivity index (χ0) is 22.1. The average Bonchev–Trinajstić information content (AvgIpc) is 2.94. The van der Waals surface area contributed by atoms with Crippen LogP contribution in [0.3, 0.4) is 0 Å². The van der Waals surface area contributed by atoms with Crippen molar-refractivity contribution in [3.05, 3.63) is 52.8 Å². The number of nitrogens with one attached hydrogen (secondary N) is 2. The molecule has 1 aromatic heterocycles. The summed E-state index contributed by atoms with van der Waals surface area (Å²) in [4.78, 5) is 7.21. The van der Waals surface area contributed by atoms with Crippen molar-refractivity contribution >= 4 is 5.96 Å². The molecule has 0 saturated heterocycles. The Hall–Kier alpha value is -2.34. The third-order valence-corrected chi connectivity index (χ3v) is 5.74. The molecule has 0 amide bonds. The minimum atomic E-state index is 0.280. The minimum absolute atomic E-state index is 0.280. The fourth-order valence-electron chi connectivity index (χ4n) is 3.63. The van der Waals surface area contributed by atoms with E-state index >= 15 is 0 Å². The van der Waals surface area contributed by atoms with Crippen LogP contribution in [0.2, 0.25) is 0 Å². The smallest absolute Gasteiger partial charge is 0.191 e. The molecule has 6 nitrogen and oxygen atoms in total. The second-order valence-electron chi connectivity index (χ2n) is 8.32. The number of aliphatic imine (C=N–C) groups is 1. The molecule has 1 heterocycles. The van der Waals surface area contributed by atoms with Gasteiger partial charge in [-0.3, -0.25) is 14.6 Å². The highest BCUT2D eigenvalue weighted by molar-refractivity contribution is 5.80. The molecule has 6 heteroatoms. The van der Waals surface area contributed by atoms with Gasteiger partial charge in [-0.05, 0) is 65.6 Å². The van der Waals surface area contributed by atoms with Crippen molar-refractivity contribution in [1.82, 2.24) is 25.3 Å². The highest BCUT2D eigenvalue weighted by Gasteiger charge is 2.14. The average molecular weight is 413 g/mol. The second kappa shape index (κ2) is 11.7. The summed E-state index contributed by atoms with van der Waals surface area (Å²) in [5, 5.41) is 11.5. The van der Waals surface area contributed by atoms with Crippen LogP contribution in [0.15, 0.2) is 35.3 Å². The molecule has 0 bridgehead atoms. The van der Waals surface area contributed by atoms with E-state index in [1.165, 1.54) is 16.8 Å². The maximum atomic E-state index is 4.82. The molecular weight excluding hydrogens is 372 g/mol. The van der Waals surface area contributed by atoms with Crippen LogP contribution in [0.5, 0.6) is 0 Å². The largest absolute Gasteiger partial charge is 0.357 e. The number of hydrogen-bond acceptors (Lipinski definition) is 3. The minimum Gasteiger partial charge on any atom is -0.357 e. The van der Waals surface area contributed by atoms with Crippen LogP contribution in [0.1, 0.15) is 49.7 Å². The van der Waals surface area contributed by atoms with E-state index in [4.69, 9.17) is 4.99 Å². The third kappa shape index (κ3) is 7.17. The fraction of sp³-hybridized carbons (Fsp3) is 0.583. The Bertz CT molecular complexity index is 796. The van der Waals surface area contributed by atoms with Gasteiger partial charge < -0.3 is 10.6 Å². The van der Waals surface area contributed by atoms with Gasteiger partial charge in [0.15, 0.2) is 5.96 Å². The van der Waals surface area contributed by atoms with Crippen molar-refractivity contribution in [1.29, 1.82) is 0 Å². The second-order valence-corrected chi connectivity index (χ2v) is 8.32. The Labute approximate surface area is 182 Å². The lowest BCUT2D eigenvalue weighted by Gasteiger charge is -2.24. The zero-order valence-electron chi connectivity index (χ0n) is 19.9. The lowest BCUT2D eigenvalue weighted by Crippen LogP contribution is -2.43. The zero-order valence-corrected chi connectivity index (χ0v) is 19.9. The highest BCUT2D eigenvalue weighted by Crippen LogP contribution is 2.14. The lowest BCUT2D eigenvalue weighted by molar-refractivity contribution is 0.240. The summed E-state index contributed by atoms with van der Waals surface area (Å²) in [7, 11) is 4.19. The van der Waals surface area contributed by atoms with Crippen LogP contribution < -0.4 is 10.6 Å². The number of aryl methyl sites for hydroxylation is 2. The fourth-order valence-corrected chi connectivity index (χ4v) is 3.63. The number of aromatic nitrogens is 2. The van der Waals surface area contributed by atoms with Crippen molar-refractivity contribution in [2.75, 3.05) is 20.1 Å². The van der Waals surface area contributed by atoms with Gasteiger partial charge in [0.1, 0.15) is 0 Å². The molecule has 30 heavy (non-hydrogen) atoms. The first-order chi connectivity index (χ1) is 14.3. The molecule has 0 radical (unpaired) electrons. The molecule has 2 atom stereocenters. The summed E-state index contributed by atoms with van der Waals surface area (Å²) in [6, 6.07) is 11.4. The first-order valence-electron chi connectivity index (χ1n) is 11.1. The van der Waals surface area contributed by atoms with E-state index in [-0.39, 0.29) is 6.04 Å². The number of hydrogen-bond donors (Lipinski definition) is 2. The van der Waals surface area contributed by atoms with Gasteiger partial charge >= 0.3 is 0 Å². The Morgan fingerprint density at radius 3 is 2.50 bits per heavy atom. The summed E-state index contributed by atoms with van der Waals surface area (Å²) < 4.78 is 1.96. The summed E-state index contributed by atoms with van der Waals surface area (Å²) in [5.74, 6) is 0.891. The van der Waals surface area contributed by atoms with E-state index in [9.17, 15) is 0 Å². The lowest BCUT2D eigenvalue weighted by atomic mass is 10.1. The van der Waals surface area contributed by atoms with E-state index in [1.807, 2.05) is 11.7 Å². The highest BCUT2D eigenvalue weighted by atomic mass is 15.3. The molecule has 2 aromatic rings. The van der Waals surface area contributed by atoms with Crippen molar-refractivity contribution in [2.24, 2.45) is 12.0 Å². The topological polar surface area (TPSA) is 57.5 Å². The molecule has 2 rings (SSSR count). The molecule has 1 aromatic carbocycles. The molecule has 0 spiro atoms. The summed E-state index contributed by atoms with van der Waals surface area (Å²) >= 11 is 0. The summed E-state index contributed by atoms with van der Waals surface area (Å²) in [6.07, 6.45) is 1.96. The number of rotatable bonds is 10. The van der Waals surface area contributed by atoms with Crippen molar-refractivity contribution in [3.63, 3.8) is 0 Å². The van der Waals surface area contributed by atoms with Gasteiger partial charge in [-0.15, -0.1) is 0 Å². The predicted molar refractivity (Wildman–Crippen MR) is 127 cm³/mol. The molecule has 2 unspecified atom stereocenters. The third-order valence-electron chi connectivity index (χ3n) is 5.74. The first kappa shape index (κ1) is 23.9. The first-order valence-corrected chi connectivity index (χ1v) is 11.1. The van der Waals surface area contributed by atoms with Crippen LogP contribution in [0.25, 0.3) is 0 Å². The van der Waals surface area contributed by atoms with Crippen molar-refractivity contribution in [3.8, 4) is 0 Å². The van der Waals surface area contributed by atoms with Gasteiger partial charge in [0.05, 0.1) is 5.69 Å². The van der Waals surface area contributed by atoms with Gasteiger partial charge in [-0.25, -0.2) is 0 Å². The predicted octanol–water partition coefficient (Wildman–Crippen LogP) is 3.43. The Balaban J connectivity index is 1.87. The summed E-state index contributed by atoms with van der Waals surface area (Å²) in [5.41, 5.74) is 5.02. The molecule has 0 aliphatic heterocycles. The normalized spacial score (nSPS) is 14.1. The van der Waals surface area contributed by atoms with Gasteiger partial charge in [-0.1, -0.05) is 30.3 Å². The van der Waals surface area contributed by atoms with Crippen LogP contribution in [-0.4, -0.2) is 52.9 Å².